The van der Waals surface area contributed by atoms with Gasteiger partial charge in [0.1, 0.15) is 0 Å². The normalized spacial score (nSPS) is 16.2. The van der Waals surface area contributed by atoms with Crippen molar-refractivity contribution in [2.24, 2.45) is 16.7 Å². The van der Waals surface area contributed by atoms with E-state index in [1.807, 2.05) is 20.8 Å². The van der Waals surface area contributed by atoms with Crippen molar-refractivity contribution in [3.8, 4) is 0 Å². The molecule has 4 nitrogen and oxygen atoms in total. The van der Waals surface area contributed by atoms with E-state index in [1.165, 1.54) is 0 Å². The van der Waals surface area contributed by atoms with Gasteiger partial charge in [-0.15, -0.1) is 0 Å². The maximum atomic E-state index is 12.0. The van der Waals surface area contributed by atoms with Crippen LogP contribution in [0.5, 0.6) is 0 Å². The second-order valence-corrected chi connectivity index (χ2v) is 6.77. The van der Waals surface area contributed by atoms with E-state index in [9.17, 15) is 9.59 Å². The van der Waals surface area contributed by atoms with Gasteiger partial charge in [0.15, 0.2) is 12.5 Å². The Morgan fingerprint density at radius 1 is 1.24 bits per heavy atom. The molecule has 2 atom stereocenters. The zero-order valence-corrected chi connectivity index (χ0v) is 11.7. The van der Waals surface area contributed by atoms with Crippen molar-refractivity contribution in [2.75, 3.05) is 0 Å². The smallest absolute Gasteiger partial charge is 0.225 e. The standard InChI is InChI=1S/C13H25NO3/c1-12(2,3)7-9(13(4,5)6)11(17)14-10(16)8-15/h8-10,16H,7H2,1-6H3,(H,14,17). The first-order chi connectivity index (χ1) is 7.47. The summed E-state index contributed by atoms with van der Waals surface area (Å²) < 4.78 is 0. The fourth-order valence-corrected chi connectivity index (χ4v) is 1.68. The number of nitrogens with one attached hydrogen (secondary N) is 1. The zero-order valence-electron chi connectivity index (χ0n) is 11.7. The molecular formula is C13H25NO3. The molecule has 0 heterocycles. The third kappa shape index (κ3) is 6.41. The summed E-state index contributed by atoms with van der Waals surface area (Å²) in [6.07, 6.45) is -0.393. The number of hydrogen-bond acceptors (Lipinski definition) is 3. The minimum absolute atomic E-state index is 0.0153. The van der Waals surface area contributed by atoms with Gasteiger partial charge in [-0.25, -0.2) is 0 Å². The van der Waals surface area contributed by atoms with Crippen molar-refractivity contribution >= 4 is 12.2 Å². The molecule has 0 radical (unpaired) electrons. The molecular weight excluding hydrogens is 218 g/mol. The Hall–Kier alpha value is -0.900. The molecule has 0 aromatic rings. The monoisotopic (exact) mass is 243 g/mol. The molecule has 0 saturated heterocycles. The van der Waals surface area contributed by atoms with Crippen molar-refractivity contribution in [1.82, 2.24) is 5.32 Å². The van der Waals surface area contributed by atoms with Crippen LogP contribution in [0.3, 0.4) is 0 Å². The molecule has 2 unspecified atom stereocenters. The van der Waals surface area contributed by atoms with E-state index in [-0.39, 0.29) is 22.7 Å². The van der Waals surface area contributed by atoms with Crippen LogP contribution in [0, 0.1) is 16.7 Å². The lowest BCUT2D eigenvalue weighted by Crippen LogP contribution is -2.45. The van der Waals surface area contributed by atoms with Gasteiger partial charge in [-0.2, -0.15) is 0 Å². The largest absolute Gasteiger partial charge is 0.367 e. The predicted molar refractivity (Wildman–Crippen MR) is 67.2 cm³/mol. The van der Waals surface area contributed by atoms with Crippen LogP contribution in [0.25, 0.3) is 0 Å². The van der Waals surface area contributed by atoms with Gasteiger partial charge in [-0.05, 0) is 17.3 Å². The second-order valence-electron chi connectivity index (χ2n) is 6.77. The van der Waals surface area contributed by atoms with Crippen molar-refractivity contribution < 1.29 is 14.7 Å². The number of rotatable bonds is 4. The highest BCUT2D eigenvalue weighted by Gasteiger charge is 2.35. The molecule has 0 bridgehead atoms. The van der Waals surface area contributed by atoms with Gasteiger partial charge in [-0.1, -0.05) is 41.5 Å². The van der Waals surface area contributed by atoms with Gasteiger partial charge in [0.05, 0.1) is 0 Å². The Kier molecular flexibility index (Phi) is 5.33. The summed E-state index contributed by atoms with van der Waals surface area (Å²) in [7, 11) is 0. The summed E-state index contributed by atoms with van der Waals surface area (Å²) in [5.74, 6) is -0.510. The van der Waals surface area contributed by atoms with E-state index < -0.39 is 6.23 Å². The summed E-state index contributed by atoms with van der Waals surface area (Å²) >= 11 is 0. The van der Waals surface area contributed by atoms with Crippen LogP contribution < -0.4 is 5.32 Å². The highest BCUT2D eigenvalue weighted by atomic mass is 16.3. The quantitative estimate of drug-likeness (QED) is 0.583. The number of aliphatic hydroxyl groups excluding tert-OH is 1. The van der Waals surface area contributed by atoms with Crippen LogP contribution in [0.1, 0.15) is 48.0 Å². The topological polar surface area (TPSA) is 66.4 Å². The summed E-state index contributed by atoms with van der Waals surface area (Å²) in [6.45, 7) is 12.1. The lowest BCUT2D eigenvalue weighted by Gasteiger charge is -2.34. The van der Waals surface area contributed by atoms with E-state index in [0.29, 0.717) is 12.7 Å². The van der Waals surface area contributed by atoms with Crippen LogP contribution >= 0.6 is 0 Å². The molecule has 0 aliphatic heterocycles. The number of amides is 1. The van der Waals surface area contributed by atoms with Crippen molar-refractivity contribution in [3.63, 3.8) is 0 Å². The lowest BCUT2D eigenvalue weighted by atomic mass is 9.71. The number of carbonyl (C=O) groups excluding carboxylic acids is 2. The summed E-state index contributed by atoms with van der Waals surface area (Å²) in [5, 5.41) is 11.4. The average molecular weight is 243 g/mol. The highest BCUT2D eigenvalue weighted by Crippen LogP contribution is 2.36. The molecule has 0 aromatic carbocycles. The number of aldehydes is 1. The maximum absolute atomic E-state index is 12.0. The number of hydrogen-bond donors (Lipinski definition) is 2. The van der Waals surface area contributed by atoms with Crippen LogP contribution in [0.15, 0.2) is 0 Å². The van der Waals surface area contributed by atoms with Gasteiger partial charge in [0.25, 0.3) is 0 Å². The molecule has 17 heavy (non-hydrogen) atoms. The van der Waals surface area contributed by atoms with E-state index in [4.69, 9.17) is 5.11 Å². The minimum atomic E-state index is -1.41. The molecule has 1 amide bonds. The Balaban J connectivity index is 4.82. The molecule has 4 heteroatoms. The third-order valence-corrected chi connectivity index (χ3v) is 2.60. The Labute approximate surface area is 104 Å². The van der Waals surface area contributed by atoms with Gasteiger partial charge < -0.3 is 10.4 Å². The van der Waals surface area contributed by atoms with E-state index in [0.717, 1.165) is 0 Å². The summed E-state index contributed by atoms with van der Waals surface area (Å²) in [4.78, 5) is 22.3. The van der Waals surface area contributed by atoms with E-state index in [1.54, 1.807) is 0 Å². The van der Waals surface area contributed by atoms with E-state index >= 15 is 0 Å². The Bertz CT molecular complexity index is 273. The first-order valence-electron chi connectivity index (χ1n) is 5.91. The second kappa shape index (κ2) is 5.63. The van der Waals surface area contributed by atoms with Crippen LogP contribution in [-0.2, 0) is 9.59 Å². The van der Waals surface area contributed by atoms with Gasteiger partial charge in [-0.3, -0.25) is 9.59 Å². The molecule has 0 spiro atoms. The van der Waals surface area contributed by atoms with Crippen LogP contribution in [0.2, 0.25) is 0 Å². The molecule has 0 aliphatic carbocycles. The maximum Gasteiger partial charge on any atom is 0.225 e. The van der Waals surface area contributed by atoms with Crippen LogP contribution in [0.4, 0.5) is 0 Å². The SMILES string of the molecule is CC(C)(C)CC(C(=O)NC(O)C=O)C(C)(C)C. The van der Waals surface area contributed by atoms with E-state index in [2.05, 4.69) is 26.1 Å². The zero-order chi connectivity index (χ0) is 13.9. The third-order valence-electron chi connectivity index (χ3n) is 2.60. The first kappa shape index (κ1) is 16.1. The summed E-state index contributed by atoms with van der Waals surface area (Å²) in [6, 6.07) is 0. The average Bonchev–Trinajstić information content (AvgIpc) is 2.10. The molecule has 0 fully saturated rings. The highest BCUT2D eigenvalue weighted by molar-refractivity contribution is 5.81. The van der Waals surface area contributed by atoms with Gasteiger partial charge >= 0.3 is 0 Å². The fraction of sp³-hybridized carbons (Fsp3) is 0.846. The Morgan fingerprint density at radius 3 is 2.00 bits per heavy atom. The number of carbonyl (C=O) groups is 2. The predicted octanol–water partition coefficient (Wildman–Crippen LogP) is 1.72. The fourth-order valence-electron chi connectivity index (χ4n) is 1.68. The van der Waals surface area contributed by atoms with Crippen molar-refractivity contribution in [3.05, 3.63) is 0 Å². The van der Waals surface area contributed by atoms with Crippen molar-refractivity contribution in [2.45, 2.75) is 54.2 Å². The molecule has 100 valence electrons. The minimum Gasteiger partial charge on any atom is -0.367 e. The van der Waals surface area contributed by atoms with Gasteiger partial charge in [0.2, 0.25) is 5.91 Å². The molecule has 0 aliphatic rings. The Morgan fingerprint density at radius 2 is 1.71 bits per heavy atom. The first-order valence-corrected chi connectivity index (χ1v) is 5.91. The van der Waals surface area contributed by atoms with Crippen molar-refractivity contribution in [1.29, 1.82) is 0 Å². The molecule has 0 aromatic heterocycles. The summed E-state index contributed by atoms with van der Waals surface area (Å²) in [5.41, 5.74) is -0.193. The molecule has 0 saturated carbocycles. The molecule has 0 rings (SSSR count). The lowest BCUT2D eigenvalue weighted by molar-refractivity contribution is -0.135. The van der Waals surface area contributed by atoms with Crippen LogP contribution in [-0.4, -0.2) is 23.5 Å². The molecule has 2 N–H and O–H groups in total. The number of aliphatic hydroxyl groups is 1. The van der Waals surface area contributed by atoms with Gasteiger partial charge in [0, 0.05) is 5.92 Å².